The maximum atomic E-state index is 13.2. The van der Waals surface area contributed by atoms with Crippen LogP contribution in [-0.2, 0) is 4.74 Å². The Bertz CT molecular complexity index is 1000. The number of hydrogen-bond donors (Lipinski definition) is 0. The van der Waals surface area contributed by atoms with Crippen molar-refractivity contribution < 1.29 is 13.9 Å². The van der Waals surface area contributed by atoms with Gasteiger partial charge in [0.2, 0.25) is 0 Å². The zero-order valence-electron chi connectivity index (χ0n) is 15.7. The second-order valence-corrected chi connectivity index (χ2v) is 7.47. The summed E-state index contributed by atoms with van der Waals surface area (Å²) in [6, 6.07) is 12.5. The Morgan fingerprint density at radius 1 is 1.14 bits per heavy atom. The lowest BCUT2D eigenvalue weighted by atomic mass is 10.1. The lowest BCUT2D eigenvalue weighted by Gasteiger charge is -2.30. The van der Waals surface area contributed by atoms with Crippen molar-refractivity contribution in [1.29, 1.82) is 0 Å². The Kier molecular flexibility index (Phi) is 5.00. The molecule has 1 fully saturated rings. The fourth-order valence-corrected chi connectivity index (χ4v) is 4.16. The Morgan fingerprint density at radius 3 is 2.64 bits per heavy atom. The number of carbonyl (C=O) groups is 1. The normalized spacial score (nSPS) is 13.8. The summed E-state index contributed by atoms with van der Waals surface area (Å²) in [6.07, 6.45) is 0.542. The summed E-state index contributed by atoms with van der Waals surface area (Å²) in [7, 11) is 1.40. The molecular formula is C21H20FN3O2S. The van der Waals surface area contributed by atoms with Crippen LogP contribution in [0.25, 0.3) is 21.8 Å². The van der Waals surface area contributed by atoms with E-state index in [1.54, 1.807) is 28.5 Å². The molecule has 0 N–H and O–H groups in total. The first-order valence-electron chi connectivity index (χ1n) is 9.02. The molecule has 7 heteroatoms. The second-order valence-electron chi connectivity index (χ2n) is 6.62. The van der Waals surface area contributed by atoms with Crippen molar-refractivity contribution in [3.8, 4) is 21.8 Å². The van der Waals surface area contributed by atoms with Gasteiger partial charge in [0.1, 0.15) is 10.8 Å². The number of carbonyl (C=O) groups excluding carboxylic acids is 1. The number of aryl methyl sites for hydroxylation is 1. The summed E-state index contributed by atoms with van der Waals surface area (Å²) in [4.78, 5) is 16.8. The minimum atomic E-state index is -0.352. The summed E-state index contributed by atoms with van der Waals surface area (Å²) >= 11 is 1.54. The van der Waals surface area contributed by atoms with E-state index in [2.05, 4.69) is 6.07 Å². The van der Waals surface area contributed by atoms with Gasteiger partial charge in [-0.3, -0.25) is 5.01 Å². The van der Waals surface area contributed by atoms with Crippen molar-refractivity contribution in [2.75, 3.05) is 25.2 Å². The van der Waals surface area contributed by atoms with Crippen molar-refractivity contribution in [3.05, 3.63) is 59.2 Å². The third kappa shape index (κ3) is 3.45. The zero-order chi connectivity index (χ0) is 19.7. The first kappa shape index (κ1) is 18.4. The van der Waals surface area contributed by atoms with Gasteiger partial charge in [-0.15, -0.1) is 11.3 Å². The molecule has 1 aliphatic heterocycles. The monoisotopic (exact) mass is 397 g/mol. The van der Waals surface area contributed by atoms with Gasteiger partial charge >= 0.3 is 6.09 Å². The van der Waals surface area contributed by atoms with E-state index in [-0.39, 0.29) is 11.9 Å². The van der Waals surface area contributed by atoms with Crippen molar-refractivity contribution in [2.24, 2.45) is 0 Å². The number of benzene rings is 2. The van der Waals surface area contributed by atoms with Crippen molar-refractivity contribution in [1.82, 2.24) is 9.99 Å². The smallest absolute Gasteiger partial charge is 0.428 e. The number of methoxy groups -OCH3 is 1. The molecule has 2 heterocycles. The lowest BCUT2D eigenvalue weighted by Crippen LogP contribution is -2.41. The van der Waals surface area contributed by atoms with Crippen molar-refractivity contribution in [2.45, 2.75) is 13.3 Å². The molecule has 0 aliphatic carbocycles. The Labute approximate surface area is 167 Å². The van der Waals surface area contributed by atoms with Gasteiger partial charge in [-0.25, -0.2) is 19.2 Å². The third-order valence-corrected chi connectivity index (χ3v) is 5.69. The quantitative estimate of drug-likeness (QED) is 0.616. The SMILES string of the molecule is COC(=O)N1CCCN1c1cc(-c2nc(-c3ccc(F)cc3)cs2)ccc1C. The highest BCUT2D eigenvalue weighted by atomic mass is 32.1. The fourth-order valence-electron chi connectivity index (χ4n) is 3.34. The molecule has 0 bridgehead atoms. The van der Waals surface area contributed by atoms with Crippen LogP contribution in [0.5, 0.6) is 0 Å². The standard InChI is InChI=1S/C21H20FN3O2S/c1-14-4-5-16(12-19(14)24-10-3-11-25(24)21(26)27-2)20-23-18(13-28-20)15-6-8-17(22)9-7-15/h4-9,12-13H,3,10-11H2,1-2H3. The van der Waals surface area contributed by atoms with Crippen molar-refractivity contribution in [3.63, 3.8) is 0 Å². The number of nitrogens with zero attached hydrogens (tertiary/aromatic N) is 3. The first-order chi connectivity index (χ1) is 13.6. The summed E-state index contributed by atoms with van der Waals surface area (Å²) in [5.41, 5.74) is 4.73. The van der Waals surface area contributed by atoms with Crippen LogP contribution in [0.3, 0.4) is 0 Å². The lowest BCUT2D eigenvalue weighted by molar-refractivity contribution is 0.129. The van der Waals surface area contributed by atoms with Crippen LogP contribution in [0.15, 0.2) is 47.8 Å². The van der Waals surface area contributed by atoms with E-state index in [1.807, 2.05) is 29.4 Å². The number of amides is 1. The number of rotatable bonds is 3. The molecule has 0 unspecified atom stereocenters. The van der Waals surface area contributed by atoms with Gasteiger partial charge in [0.05, 0.1) is 18.5 Å². The molecular weight excluding hydrogens is 377 g/mol. The van der Waals surface area contributed by atoms with Crippen LogP contribution in [0, 0.1) is 12.7 Å². The van der Waals surface area contributed by atoms with Crippen molar-refractivity contribution >= 4 is 23.1 Å². The molecule has 3 aromatic rings. The van der Waals surface area contributed by atoms with Gasteiger partial charge in [0, 0.05) is 29.6 Å². The molecule has 28 heavy (non-hydrogen) atoms. The minimum absolute atomic E-state index is 0.261. The summed E-state index contributed by atoms with van der Waals surface area (Å²) in [5, 5.41) is 6.46. The van der Waals surface area contributed by atoms with Crippen LogP contribution in [-0.4, -0.2) is 36.3 Å². The summed E-state index contributed by atoms with van der Waals surface area (Å²) < 4.78 is 18.1. The summed E-state index contributed by atoms with van der Waals surface area (Å²) in [5.74, 6) is -0.261. The van der Waals surface area contributed by atoms with E-state index in [1.165, 1.54) is 19.2 Å². The minimum Gasteiger partial charge on any atom is -0.452 e. The second kappa shape index (κ2) is 7.59. The Hall–Kier alpha value is -2.93. The molecule has 0 saturated carbocycles. The number of anilines is 1. The van der Waals surface area contributed by atoms with Crippen LogP contribution in [0.4, 0.5) is 14.9 Å². The van der Waals surface area contributed by atoms with Crippen LogP contribution < -0.4 is 5.01 Å². The van der Waals surface area contributed by atoms with Crippen LogP contribution >= 0.6 is 11.3 Å². The Morgan fingerprint density at radius 2 is 1.89 bits per heavy atom. The van der Waals surface area contributed by atoms with Gasteiger partial charge in [0.15, 0.2) is 0 Å². The number of hydrazine groups is 1. The number of hydrogen-bond acceptors (Lipinski definition) is 5. The topological polar surface area (TPSA) is 45.7 Å². The van der Waals surface area contributed by atoms with E-state index >= 15 is 0 Å². The number of ether oxygens (including phenoxy) is 1. The van der Waals surface area contributed by atoms with Gasteiger partial charge in [-0.2, -0.15) is 0 Å². The molecule has 4 rings (SSSR count). The molecule has 1 amide bonds. The maximum absolute atomic E-state index is 13.2. The highest BCUT2D eigenvalue weighted by Crippen LogP contribution is 2.34. The molecule has 0 atom stereocenters. The van der Waals surface area contributed by atoms with Gasteiger partial charge in [0.25, 0.3) is 0 Å². The molecule has 0 radical (unpaired) electrons. The van der Waals surface area contributed by atoms with E-state index < -0.39 is 0 Å². The van der Waals surface area contributed by atoms with Crippen LogP contribution in [0.2, 0.25) is 0 Å². The maximum Gasteiger partial charge on any atom is 0.428 e. The number of thiazole rings is 1. The molecule has 144 valence electrons. The van der Waals surface area contributed by atoms with E-state index in [0.29, 0.717) is 6.54 Å². The van der Waals surface area contributed by atoms with E-state index in [4.69, 9.17) is 9.72 Å². The highest BCUT2D eigenvalue weighted by Gasteiger charge is 2.29. The van der Waals surface area contributed by atoms with Gasteiger partial charge < -0.3 is 4.74 Å². The van der Waals surface area contributed by atoms with E-state index in [0.717, 1.165) is 46.0 Å². The first-order valence-corrected chi connectivity index (χ1v) is 9.90. The number of halogens is 1. The number of aromatic nitrogens is 1. The Balaban J connectivity index is 1.66. The zero-order valence-corrected chi connectivity index (χ0v) is 16.5. The average molecular weight is 397 g/mol. The third-order valence-electron chi connectivity index (χ3n) is 4.79. The summed E-state index contributed by atoms with van der Waals surface area (Å²) in [6.45, 7) is 3.43. The molecule has 1 saturated heterocycles. The predicted octanol–water partition coefficient (Wildman–Crippen LogP) is 5.12. The molecule has 5 nitrogen and oxygen atoms in total. The fraction of sp³-hybridized carbons (Fsp3) is 0.238. The average Bonchev–Trinajstić information content (AvgIpc) is 3.38. The van der Waals surface area contributed by atoms with Gasteiger partial charge in [-0.05, 0) is 49.2 Å². The molecule has 1 aliphatic rings. The van der Waals surface area contributed by atoms with E-state index in [9.17, 15) is 9.18 Å². The van der Waals surface area contributed by atoms with Crippen LogP contribution in [0.1, 0.15) is 12.0 Å². The van der Waals surface area contributed by atoms with Gasteiger partial charge in [-0.1, -0.05) is 12.1 Å². The predicted molar refractivity (Wildman–Crippen MR) is 109 cm³/mol. The molecule has 0 spiro atoms. The molecule has 1 aromatic heterocycles. The molecule has 2 aromatic carbocycles. The highest BCUT2D eigenvalue weighted by molar-refractivity contribution is 7.13. The largest absolute Gasteiger partial charge is 0.452 e.